The lowest BCUT2D eigenvalue weighted by Gasteiger charge is -2.27. The number of carboxylic acids is 2. The van der Waals surface area contributed by atoms with Gasteiger partial charge in [0.2, 0.25) is 0 Å². The van der Waals surface area contributed by atoms with Gasteiger partial charge in [0.1, 0.15) is 18.5 Å². The molecule has 0 saturated carbocycles. The average Bonchev–Trinajstić information content (AvgIpc) is 2.62. The molecule has 7 nitrogen and oxygen atoms in total. The number of aryl methyl sites for hydroxylation is 2. The molecule has 1 aromatic rings. The molecule has 0 bridgehead atoms. The maximum absolute atomic E-state index is 10.1. The molecule has 1 fully saturated rings. The van der Waals surface area contributed by atoms with Gasteiger partial charge in [-0.3, -0.25) is 0 Å². The van der Waals surface area contributed by atoms with E-state index in [1.165, 1.54) is 24.0 Å². The molecule has 2 unspecified atom stereocenters. The number of ether oxygens (including phenoxy) is 1. The number of aliphatic hydroxyl groups excluding tert-OH is 1. The second-order valence-corrected chi connectivity index (χ2v) is 6.19. The van der Waals surface area contributed by atoms with Crippen LogP contribution in [0.4, 0.5) is 0 Å². The summed E-state index contributed by atoms with van der Waals surface area (Å²) in [6.45, 7) is 5.52. The Bertz CT molecular complexity index is 606. The fourth-order valence-electron chi connectivity index (χ4n) is 2.45. The van der Waals surface area contributed by atoms with E-state index in [1.807, 2.05) is 12.1 Å². The molecule has 0 aliphatic carbocycles. The SMILES string of the molecule is Cc1ccc(OCC(O)C2CCCCN2)cc1C.O=C(O)C=CC(=O)O. The van der Waals surface area contributed by atoms with E-state index in [-0.39, 0.29) is 6.04 Å². The Labute approximate surface area is 153 Å². The maximum atomic E-state index is 10.1. The van der Waals surface area contributed by atoms with Gasteiger partial charge in [0.05, 0.1) is 0 Å². The van der Waals surface area contributed by atoms with Gasteiger partial charge in [-0.1, -0.05) is 12.5 Å². The van der Waals surface area contributed by atoms with Crippen LogP contribution in [-0.4, -0.2) is 52.6 Å². The third-order valence-electron chi connectivity index (χ3n) is 4.08. The van der Waals surface area contributed by atoms with Crippen LogP contribution in [0, 0.1) is 13.8 Å². The number of hydrogen-bond acceptors (Lipinski definition) is 5. The Morgan fingerprint density at radius 1 is 1.19 bits per heavy atom. The van der Waals surface area contributed by atoms with E-state index in [0.29, 0.717) is 18.8 Å². The van der Waals surface area contributed by atoms with Crippen molar-refractivity contribution in [2.45, 2.75) is 45.3 Å². The summed E-state index contributed by atoms with van der Waals surface area (Å²) < 4.78 is 5.67. The molecule has 2 atom stereocenters. The van der Waals surface area contributed by atoms with Crippen molar-refractivity contribution in [3.05, 3.63) is 41.5 Å². The Balaban J connectivity index is 0.000000359. The Morgan fingerprint density at radius 3 is 2.35 bits per heavy atom. The minimum atomic E-state index is -1.26. The van der Waals surface area contributed by atoms with Crippen molar-refractivity contribution in [3.63, 3.8) is 0 Å². The highest BCUT2D eigenvalue weighted by Crippen LogP contribution is 2.17. The Hall–Kier alpha value is -2.38. The highest BCUT2D eigenvalue weighted by molar-refractivity contribution is 5.89. The number of rotatable bonds is 6. The molecule has 1 aromatic carbocycles. The standard InChI is InChI=1S/C15H23NO2.C4H4O4/c1-11-6-7-13(9-12(11)2)18-10-15(17)14-5-3-4-8-16-14;5-3(6)1-2-4(7)8/h6-7,9,14-17H,3-5,8,10H2,1-2H3;1-2H,(H,5,6)(H,7,8). The predicted molar refractivity (Wildman–Crippen MR) is 97.5 cm³/mol. The minimum absolute atomic E-state index is 0.185. The van der Waals surface area contributed by atoms with Gasteiger partial charge >= 0.3 is 11.9 Å². The summed E-state index contributed by atoms with van der Waals surface area (Å²) >= 11 is 0. The van der Waals surface area contributed by atoms with Gasteiger partial charge in [-0.25, -0.2) is 9.59 Å². The molecule has 0 aromatic heterocycles. The van der Waals surface area contributed by atoms with Crippen molar-refractivity contribution >= 4 is 11.9 Å². The molecular formula is C19H27NO6. The lowest BCUT2D eigenvalue weighted by molar-refractivity contribution is -0.134. The summed E-state index contributed by atoms with van der Waals surface area (Å²) in [5.41, 5.74) is 2.48. The van der Waals surface area contributed by atoms with E-state index in [2.05, 4.69) is 25.2 Å². The average molecular weight is 365 g/mol. The van der Waals surface area contributed by atoms with E-state index >= 15 is 0 Å². The van der Waals surface area contributed by atoms with Crippen LogP contribution >= 0.6 is 0 Å². The molecule has 4 N–H and O–H groups in total. The highest BCUT2D eigenvalue weighted by atomic mass is 16.5. The predicted octanol–water partition coefficient (Wildman–Crippen LogP) is 1.90. The minimum Gasteiger partial charge on any atom is -0.491 e. The van der Waals surface area contributed by atoms with Crippen LogP contribution < -0.4 is 10.1 Å². The smallest absolute Gasteiger partial charge is 0.328 e. The number of carboxylic acid groups (broad SMARTS) is 2. The van der Waals surface area contributed by atoms with Crippen molar-refractivity contribution in [2.24, 2.45) is 0 Å². The molecule has 144 valence electrons. The quantitative estimate of drug-likeness (QED) is 0.569. The summed E-state index contributed by atoms with van der Waals surface area (Å²) in [7, 11) is 0. The van der Waals surface area contributed by atoms with E-state index in [4.69, 9.17) is 14.9 Å². The summed E-state index contributed by atoms with van der Waals surface area (Å²) in [5.74, 6) is -1.67. The topological polar surface area (TPSA) is 116 Å². The molecule has 7 heteroatoms. The van der Waals surface area contributed by atoms with Gasteiger partial charge in [-0.15, -0.1) is 0 Å². The van der Waals surface area contributed by atoms with Gasteiger partial charge in [0.15, 0.2) is 0 Å². The van der Waals surface area contributed by atoms with Gasteiger partial charge in [-0.2, -0.15) is 0 Å². The van der Waals surface area contributed by atoms with Gasteiger partial charge < -0.3 is 25.4 Å². The first-order chi connectivity index (χ1) is 12.3. The van der Waals surface area contributed by atoms with Crippen molar-refractivity contribution in [1.29, 1.82) is 0 Å². The van der Waals surface area contributed by atoms with Gasteiger partial charge in [-0.05, 0) is 56.5 Å². The van der Waals surface area contributed by atoms with Crippen molar-refractivity contribution < 1.29 is 29.6 Å². The zero-order valence-electron chi connectivity index (χ0n) is 15.1. The number of carbonyl (C=O) groups is 2. The molecule has 0 spiro atoms. The monoisotopic (exact) mass is 365 g/mol. The number of nitrogens with one attached hydrogen (secondary N) is 1. The third kappa shape index (κ3) is 8.64. The molecular weight excluding hydrogens is 338 g/mol. The summed E-state index contributed by atoms with van der Waals surface area (Å²) in [5, 5.41) is 29.0. The third-order valence-corrected chi connectivity index (χ3v) is 4.08. The lowest BCUT2D eigenvalue weighted by Crippen LogP contribution is -2.45. The van der Waals surface area contributed by atoms with Crippen LogP contribution in [0.5, 0.6) is 5.75 Å². The van der Waals surface area contributed by atoms with Gasteiger partial charge in [0.25, 0.3) is 0 Å². The molecule has 1 heterocycles. The molecule has 0 amide bonds. The van der Waals surface area contributed by atoms with Crippen LogP contribution in [0.2, 0.25) is 0 Å². The second kappa shape index (κ2) is 11.3. The zero-order valence-corrected chi connectivity index (χ0v) is 15.1. The van der Waals surface area contributed by atoms with Crippen LogP contribution in [0.15, 0.2) is 30.4 Å². The fourth-order valence-corrected chi connectivity index (χ4v) is 2.45. The van der Waals surface area contributed by atoms with Crippen LogP contribution in [0.1, 0.15) is 30.4 Å². The molecule has 26 heavy (non-hydrogen) atoms. The number of hydrogen-bond donors (Lipinski definition) is 4. The first-order valence-electron chi connectivity index (χ1n) is 8.55. The summed E-state index contributed by atoms with van der Waals surface area (Å²) in [6.07, 6.45) is 4.13. The highest BCUT2D eigenvalue weighted by Gasteiger charge is 2.21. The molecule has 0 radical (unpaired) electrons. The second-order valence-electron chi connectivity index (χ2n) is 6.19. The van der Waals surface area contributed by atoms with E-state index in [9.17, 15) is 14.7 Å². The maximum Gasteiger partial charge on any atom is 0.328 e. The van der Waals surface area contributed by atoms with Crippen molar-refractivity contribution in [1.82, 2.24) is 5.32 Å². The Kier molecular flexibility index (Phi) is 9.40. The summed E-state index contributed by atoms with van der Waals surface area (Å²) in [4.78, 5) is 19.1. The number of benzene rings is 1. The number of aliphatic carboxylic acids is 2. The lowest BCUT2D eigenvalue weighted by atomic mass is 10.0. The van der Waals surface area contributed by atoms with E-state index in [1.54, 1.807) is 0 Å². The van der Waals surface area contributed by atoms with Crippen molar-refractivity contribution in [2.75, 3.05) is 13.2 Å². The van der Waals surface area contributed by atoms with E-state index < -0.39 is 18.0 Å². The van der Waals surface area contributed by atoms with Gasteiger partial charge in [0, 0.05) is 18.2 Å². The van der Waals surface area contributed by atoms with Crippen LogP contribution in [0.3, 0.4) is 0 Å². The molecule has 1 aliphatic heterocycles. The molecule has 2 rings (SSSR count). The summed E-state index contributed by atoms with van der Waals surface area (Å²) in [6, 6.07) is 6.22. The number of piperidine rings is 1. The number of aliphatic hydroxyl groups is 1. The Morgan fingerprint density at radius 2 is 1.85 bits per heavy atom. The van der Waals surface area contributed by atoms with Crippen LogP contribution in [-0.2, 0) is 9.59 Å². The fraction of sp³-hybridized carbons (Fsp3) is 0.474. The molecule has 1 aliphatic rings. The van der Waals surface area contributed by atoms with Crippen LogP contribution in [0.25, 0.3) is 0 Å². The van der Waals surface area contributed by atoms with Crippen molar-refractivity contribution in [3.8, 4) is 5.75 Å². The van der Waals surface area contributed by atoms with E-state index in [0.717, 1.165) is 18.7 Å². The largest absolute Gasteiger partial charge is 0.491 e. The molecule has 1 saturated heterocycles. The normalized spacial score (nSPS) is 17.9. The first kappa shape index (κ1) is 21.7. The zero-order chi connectivity index (χ0) is 19.5. The first-order valence-corrected chi connectivity index (χ1v) is 8.55.